The average Bonchev–Trinajstić information content (AvgIpc) is 3.21. The van der Waals surface area contributed by atoms with E-state index in [0.717, 1.165) is 55.1 Å². The van der Waals surface area contributed by atoms with E-state index >= 15 is 0 Å². The van der Waals surface area contributed by atoms with E-state index in [0.29, 0.717) is 18.8 Å². The summed E-state index contributed by atoms with van der Waals surface area (Å²) in [5.74, 6) is 0.669. The Labute approximate surface area is 189 Å². The van der Waals surface area contributed by atoms with E-state index in [1.54, 1.807) is 7.11 Å². The molecule has 1 amide bonds. The van der Waals surface area contributed by atoms with E-state index in [-0.39, 0.29) is 11.9 Å². The first-order valence-electron chi connectivity index (χ1n) is 11.3. The Kier molecular flexibility index (Phi) is 7.07. The number of hydrogen-bond acceptors (Lipinski definition) is 5. The van der Waals surface area contributed by atoms with Crippen LogP contribution in [0.1, 0.15) is 29.9 Å². The van der Waals surface area contributed by atoms with Gasteiger partial charge in [-0.25, -0.2) is 0 Å². The number of aromatic nitrogens is 2. The molecule has 1 fully saturated rings. The minimum Gasteiger partial charge on any atom is -0.494 e. The maximum absolute atomic E-state index is 13.7. The first-order chi connectivity index (χ1) is 15.6. The normalized spacial score (nSPS) is 14.8. The Morgan fingerprint density at radius 1 is 1.09 bits per heavy atom. The van der Waals surface area contributed by atoms with Gasteiger partial charge in [0.05, 0.1) is 26.9 Å². The van der Waals surface area contributed by atoms with Crippen LogP contribution in [-0.4, -0.2) is 71.5 Å². The molecule has 0 saturated carbocycles. The van der Waals surface area contributed by atoms with Crippen LogP contribution in [0, 0.1) is 0 Å². The van der Waals surface area contributed by atoms with E-state index in [4.69, 9.17) is 14.6 Å². The van der Waals surface area contributed by atoms with Crippen LogP contribution in [-0.2, 0) is 17.8 Å². The summed E-state index contributed by atoms with van der Waals surface area (Å²) in [7, 11) is 1.66. The summed E-state index contributed by atoms with van der Waals surface area (Å²) in [6, 6.07) is 15.9. The first-order valence-corrected chi connectivity index (χ1v) is 11.3. The molecule has 1 aliphatic rings. The van der Waals surface area contributed by atoms with Crippen molar-refractivity contribution in [1.29, 1.82) is 0 Å². The van der Waals surface area contributed by atoms with Gasteiger partial charge in [-0.05, 0) is 25.5 Å². The van der Waals surface area contributed by atoms with Gasteiger partial charge in [0.2, 0.25) is 0 Å². The molecule has 4 rings (SSSR count). The van der Waals surface area contributed by atoms with Crippen molar-refractivity contribution in [1.82, 2.24) is 19.6 Å². The number of nitrogens with zero attached hydrogens (tertiary/aromatic N) is 4. The van der Waals surface area contributed by atoms with Crippen LogP contribution in [0.3, 0.4) is 0 Å². The predicted molar refractivity (Wildman–Crippen MR) is 125 cm³/mol. The van der Waals surface area contributed by atoms with Crippen LogP contribution in [0.5, 0.6) is 5.75 Å². The molecule has 0 spiro atoms. The van der Waals surface area contributed by atoms with Gasteiger partial charge in [-0.15, -0.1) is 0 Å². The fourth-order valence-electron chi connectivity index (χ4n) is 4.15. The molecule has 0 aliphatic carbocycles. The van der Waals surface area contributed by atoms with Crippen molar-refractivity contribution < 1.29 is 14.3 Å². The highest BCUT2D eigenvalue weighted by Crippen LogP contribution is 2.29. The lowest BCUT2D eigenvalue weighted by Gasteiger charge is -2.26. The number of fused-ring (bicyclic) bond motifs is 1. The minimum absolute atomic E-state index is 0.0434. The lowest BCUT2D eigenvalue weighted by molar-refractivity contribution is 0.0361. The van der Waals surface area contributed by atoms with Gasteiger partial charge in [-0.1, -0.05) is 42.5 Å². The van der Waals surface area contributed by atoms with Crippen LogP contribution >= 0.6 is 0 Å². The second-order valence-electron chi connectivity index (χ2n) is 8.39. The zero-order valence-corrected chi connectivity index (χ0v) is 19.2. The molecular formula is C25H32N4O3. The van der Waals surface area contributed by atoms with Crippen molar-refractivity contribution in [3.63, 3.8) is 0 Å². The van der Waals surface area contributed by atoms with Crippen molar-refractivity contribution >= 4 is 16.8 Å². The molecule has 2 aromatic carbocycles. The summed E-state index contributed by atoms with van der Waals surface area (Å²) in [4.78, 5) is 17.9. The average molecular weight is 437 g/mol. The van der Waals surface area contributed by atoms with Gasteiger partial charge in [0.15, 0.2) is 5.69 Å². The lowest BCUT2D eigenvalue weighted by Crippen LogP contribution is -2.38. The number of ether oxygens (including phenoxy) is 2. The smallest absolute Gasteiger partial charge is 0.275 e. The number of benzene rings is 2. The second kappa shape index (κ2) is 10.1. The summed E-state index contributed by atoms with van der Waals surface area (Å²) in [5.41, 5.74) is 2.45. The molecule has 1 aliphatic heterocycles. The number of amides is 1. The third kappa shape index (κ3) is 4.79. The molecule has 2 heterocycles. The Bertz CT molecular complexity index is 1040. The molecular weight excluding hydrogens is 404 g/mol. The molecule has 32 heavy (non-hydrogen) atoms. The van der Waals surface area contributed by atoms with Gasteiger partial charge in [0, 0.05) is 37.6 Å². The second-order valence-corrected chi connectivity index (χ2v) is 8.39. The monoisotopic (exact) mass is 436 g/mol. The Morgan fingerprint density at radius 3 is 2.53 bits per heavy atom. The molecule has 0 bridgehead atoms. The SMILES string of the molecule is COc1cccc2c(C(=O)N(Cc3ccccc3)C(C)C)nn(CCN3CCOCC3)c12. The van der Waals surface area contributed by atoms with Crippen molar-refractivity contribution in [2.75, 3.05) is 40.0 Å². The summed E-state index contributed by atoms with van der Waals surface area (Å²) in [6.07, 6.45) is 0. The third-order valence-electron chi connectivity index (χ3n) is 5.97. The lowest BCUT2D eigenvalue weighted by atomic mass is 10.1. The Morgan fingerprint density at radius 2 is 1.84 bits per heavy atom. The number of carbonyl (C=O) groups is 1. The van der Waals surface area contributed by atoms with E-state index in [9.17, 15) is 4.79 Å². The van der Waals surface area contributed by atoms with Crippen molar-refractivity contribution in [3.05, 3.63) is 59.8 Å². The minimum atomic E-state index is -0.0628. The summed E-state index contributed by atoms with van der Waals surface area (Å²) >= 11 is 0. The van der Waals surface area contributed by atoms with Crippen LogP contribution in [0.2, 0.25) is 0 Å². The number of hydrogen-bond donors (Lipinski definition) is 0. The zero-order chi connectivity index (χ0) is 22.5. The fourth-order valence-corrected chi connectivity index (χ4v) is 4.15. The largest absolute Gasteiger partial charge is 0.494 e. The van der Waals surface area contributed by atoms with Gasteiger partial charge >= 0.3 is 0 Å². The highest BCUT2D eigenvalue weighted by atomic mass is 16.5. The van der Waals surface area contributed by atoms with Gasteiger partial charge in [-0.2, -0.15) is 5.10 Å². The van der Waals surface area contributed by atoms with Gasteiger partial charge in [-0.3, -0.25) is 14.4 Å². The molecule has 170 valence electrons. The van der Waals surface area contributed by atoms with E-state index < -0.39 is 0 Å². The molecule has 7 heteroatoms. The molecule has 0 N–H and O–H groups in total. The number of rotatable bonds is 8. The van der Waals surface area contributed by atoms with E-state index in [1.807, 2.05) is 72.0 Å². The third-order valence-corrected chi connectivity index (χ3v) is 5.97. The van der Waals surface area contributed by atoms with Crippen LogP contribution < -0.4 is 4.74 Å². The molecule has 0 unspecified atom stereocenters. The Balaban J connectivity index is 1.66. The van der Waals surface area contributed by atoms with Crippen LogP contribution in [0.4, 0.5) is 0 Å². The van der Waals surface area contributed by atoms with Gasteiger partial charge < -0.3 is 14.4 Å². The quantitative estimate of drug-likeness (QED) is 0.542. The van der Waals surface area contributed by atoms with Crippen molar-refractivity contribution in [2.45, 2.75) is 33.0 Å². The van der Waals surface area contributed by atoms with Crippen molar-refractivity contribution in [3.8, 4) is 5.75 Å². The van der Waals surface area contributed by atoms with Gasteiger partial charge in [0.1, 0.15) is 11.3 Å². The van der Waals surface area contributed by atoms with E-state index in [1.165, 1.54) is 0 Å². The molecule has 1 saturated heterocycles. The van der Waals surface area contributed by atoms with Crippen LogP contribution in [0.25, 0.3) is 10.9 Å². The maximum atomic E-state index is 13.7. The molecule has 0 radical (unpaired) electrons. The number of morpholine rings is 1. The number of para-hydroxylation sites is 1. The molecule has 1 aromatic heterocycles. The zero-order valence-electron chi connectivity index (χ0n) is 19.2. The molecule has 7 nitrogen and oxygen atoms in total. The van der Waals surface area contributed by atoms with Gasteiger partial charge in [0.25, 0.3) is 5.91 Å². The number of methoxy groups -OCH3 is 1. The summed E-state index contributed by atoms with van der Waals surface area (Å²) < 4.78 is 13.0. The fraction of sp³-hybridized carbons (Fsp3) is 0.440. The predicted octanol–water partition coefficient (Wildman–Crippen LogP) is 3.43. The summed E-state index contributed by atoms with van der Waals surface area (Å²) in [6.45, 7) is 9.52. The van der Waals surface area contributed by atoms with E-state index in [2.05, 4.69) is 4.90 Å². The topological polar surface area (TPSA) is 59.8 Å². The van der Waals surface area contributed by atoms with Crippen molar-refractivity contribution in [2.24, 2.45) is 0 Å². The highest BCUT2D eigenvalue weighted by Gasteiger charge is 2.26. The standard InChI is InChI=1S/C25H32N4O3/c1-19(2)28(18-20-8-5-4-6-9-20)25(30)23-21-10-7-11-22(31-3)24(21)29(26-23)13-12-27-14-16-32-17-15-27/h4-11,19H,12-18H2,1-3H3. The summed E-state index contributed by atoms with van der Waals surface area (Å²) in [5, 5.41) is 5.64. The number of carbonyl (C=O) groups excluding carboxylic acids is 1. The molecule has 3 aromatic rings. The van der Waals surface area contributed by atoms with Crippen LogP contribution in [0.15, 0.2) is 48.5 Å². The first kappa shape index (κ1) is 22.3. The maximum Gasteiger partial charge on any atom is 0.275 e. The highest BCUT2D eigenvalue weighted by molar-refractivity contribution is 6.06. The molecule has 0 atom stereocenters. The Hall–Kier alpha value is -2.90.